The van der Waals surface area contributed by atoms with Crippen molar-refractivity contribution in [1.82, 2.24) is 0 Å². The molecule has 0 radical (unpaired) electrons. The molecule has 0 saturated carbocycles. The average Bonchev–Trinajstić information content (AvgIpc) is 2.36. The van der Waals surface area contributed by atoms with Gasteiger partial charge in [-0.2, -0.15) is 0 Å². The van der Waals surface area contributed by atoms with Crippen LogP contribution >= 0.6 is 15.9 Å². The van der Waals surface area contributed by atoms with Gasteiger partial charge in [0.05, 0.1) is 5.69 Å². The summed E-state index contributed by atoms with van der Waals surface area (Å²) in [6.07, 6.45) is 3.66. The van der Waals surface area contributed by atoms with Gasteiger partial charge in [-0.25, -0.2) is 4.79 Å². The maximum atomic E-state index is 10.5. The number of nitrogens with zero attached hydrogens (tertiary/aromatic N) is 1. The summed E-state index contributed by atoms with van der Waals surface area (Å²) in [4.78, 5) is 12.6. The number of aliphatic carboxylic acids is 1. The van der Waals surface area contributed by atoms with E-state index in [1.807, 2.05) is 25.2 Å². The molecule has 0 amide bonds. The van der Waals surface area contributed by atoms with Crippen LogP contribution in [-0.4, -0.2) is 38.4 Å². The molecule has 0 unspecified atom stereocenters. The van der Waals surface area contributed by atoms with E-state index in [4.69, 9.17) is 9.84 Å². The van der Waals surface area contributed by atoms with Crippen molar-refractivity contribution in [2.75, 3.05) is 32.2 Å². The number of rotatable bonds is 7. The third kappa shape index (κ3) is 5.44. The number of benzene rings is 1. The first-order valence-corrected chi connectivity index (χ1v) is 6.74. The number of halogens is 1. The molecule has 0 aromatic heterocycles. The highest BCUT2D eigenvalue weighted by Gasteiger charge is 2.05. The fraction of sp³-hybridized carbons (Fsp3) is 0.357. The molecule has 0 heterocycles. The lowest BCUT2D eigenvalue weighted by molar-refractivity contribution is -0.131. The molecule has 0 atom stereocenters. The van der Waals surface area contributed by atoms with Crippen LogP contribution in [0.3, 0.4) is 0 Å². The van der Waals surface area contributed by atoms with Gasteiger partial charge in [0.1, 0.15) is 0 Å². The number of hydrogen-bond donors (Lipinski definition) is 1. The summed E-state index contributed by atoms with van der Waals surface area (Å²) < 4.78 is 5.97. The quantitative estimate of drug-likeness (QED) is 0.617. The van der Waals surface area contributed by atoms with Gasteiger partial charge in [0.2, 0.25) is 0 Å². The van der Waals surface area contributed by atoms with E-state index < -0.39 is 5.97 Å². The second-order valence-corrected chi connectivity index (χ2v) is 5.00. The lowest BCUT2D eigenvalue weighted by atomic mass is 10.2. The Morgan fingerprint density at radius 3 is 2.84 bits per heavy atom. The van der Waals surface area contributed by atoms with E-state index in [9.17, 15) is 4.79 Å². The molecule has 1 N–H and O–H groups in total. The lowest BCUT2D eigenvalue weighted by Gasteiger charge is -2.20. The molecule has 0 aliphatic carbocycles. The van der Waals surface area contributed by atoms with E-state index >= 15 is 0 Å². The van der Waals surface area contributed by atoms with Crippen LogP contribution in [0, 0.1) is 0 Å². The predicted octanol–water partition coefficient (Wildman–Crippen LogP) is 3.02. The number of anilines is 1. The summed E-state index contributed by atoms with van der Waals surface area (Å²) in [5.74, 6) is -0.947. The highest BCUT2D eigenvalue weighted by molar-refractivity contribution is 9.10. The van der Waals surface area contributed by atoms with Crippen LogP contribution in [0.15, 0.2) is 28.7 Å². The van der Waals surface area contributed by atoms with Gasteiger partial charge in [-0.1, -0.05) is 6.07 Å². The number of ether oxygens (including phenoxy) is 1. The summed E-state index contributed by atoms with van der Waals surface area (Å²) >= 11 is 3.51. The second-order valence-electron chi connectivity index (χ2n) is 4.15. The van der Waals surface area contributed by atoms with Crippen LogP contribution in [0.4, 0.5) is 5.69 Å². The van der Waals surface area contributed by atoms with Crippen molar-refractivity contribution < 1.29 is 14.6 Å². The zero-order chi connectivity index (χ0) is 14.3. The van der Waals surface area contributed by atoms with Crippen molar-refractivity contribution >= 4 is 33.7 Å². The molecule has 19 heavy (non-hydrogen) atoms. The molecule has 4 nitrogen and oxygen atoms in total. The van der Waals surface area contributed by atoms with Gasteiger partial charge in [0.15, 0.2) is 0 Å². The maximum absolute atomic E-state index is 10.5. The Kier molecular flexibility index (Phi) is 6.59. The fourth-order valence-corrected chi connectivity index (χ4v) is 2.37. The molecule has 0 fully saturated rings. The number of carboxylic acid groups (broad SMARTS) is 1. The van der Waals surface area contributed by atoms with Gasteiger partial charge in [0, 0.05) is 37.9 Å². The molecule has 5 heteroatoms. The van der Waals surface area contributed by atoms with Gasteiger partial charge >= 0.3 is 5.97 Å². The van der Waals surface area contributed by atoms with Crippen molar-refractivity contribution in [1.29, 1.82) is 0 Å². The minimum Gasteiger partial charge on any atom is -0.478 e. The van der Waals surface area contributed by atoms with Gasteiger partial charge < -0.3 is 14.7 Å². The van der Waals surface area contributed by atoms with Crippen molar-refractivity contribution in [3.05, 3.63) is 34.3 Å². The maximum Gasteiger partial charge on any atom is 0.328 e. The Bertz CT molecular complexity index is 460. The van der Waals surface area contributed by atoms with Crippen LogP contribution in [-0.2, 0) is 9.53 Å². The van der Waals surface area contributed by atoms with E-state index in [0.717, 1.165) is 41.4 Å². The minimum atomic E-state index is -0.947. The minimum absolute atomic E-state index is 0.737. The van der Waals surface area contributed by atoms with Crippen LogP contribution in [0.2, 0.25) is 0 Å². The fourth-order valence-electron chi connectivity index (χ4n) is 1.67. The average molecular weight is 328 g/mol. The van der Waals surface area contributed by atoms with E-state index in [1.54, 1.807) is 13.2 Å². The van der Waals surface area contributed by atoms with Crippen molar-refractivity contribution in [3.63, 3.8) is 0 Å². The number of carboxylic acids is 1. The predicted molar refractivity (Wildman–Crippen MR) is 80.6 cm³/mol. The molecule has 0 spiro atoms. The monoisotopic (exact) mass is 327 g/mol. The Labute approximate surface area is 121 Å². The molecular weight excluding hydrogens is 310 g/mol. The number of carbonyl (C=O) groups is 1. The Morgan fingerprint density at radius 2 is 2.26 bits per heavy atom. The van der Waals surface area contributed by atoms with Crippen LogP contribution in [0.25, 0.3) is 6.08 Å². The summed E-state index contributed by atoms with van der Waals surface area (Å²) in [5.41, 5.74) is 1.92. The van der Waals surface area contributed by atoms with Gasteiger partial charge in [-0.05, 0) is 46.1 Å². The van der Waals surface area contributed by atoms with Crippen molar-refractivity contribution in [2.24, 2.45) is 0 Å². The summed E-state index contributed by atoms with van der Waals surface area (Å²) in [6, 6.07) is 5.77. The first-order valence-electron chi connectivity index (χ1n) is 5.95. The standard InChI is InChI=1S/C14H18BrNO3/c1-16(8-3-9-19-2)13-6-4-11(10-12(13)15)5-7-14(17)18/h4-7,10H,3,8-9H2,1-2H3,(H,17,18)/b7-5+. The Hall–Kier alpha value is -1.33. The first-order chi connectivity index (χ1) is 9.04. The smallest absolute Gasteiger partial charge is 0.328 e. The van der Waals surface area contributed by atoms with Crippen molar-refractivity contribution in [2.45, 2.75) is 6.42 Å². The molecule has 1 rings (SSSR count). The third-order valence-corrected chi connectivity index (χ3v) is 3.28. The molecule has 1 aromatic carbocycles. The molecule has 0 aliphatic rings. The lowest BCUT2D eigenvalue weighted by Crippen LogP contribution is -2.20. The van der Waals surface area contributed by atoms with E-state index in [1.165, 1.54) is 0 Å². The zero-order valence-electron chi connectivity index (χ0n) is 11.1. The van der Waals surface area contributed by atoms with Crippen LogP contribution in [0.5, 0.6) is 0 Å². The number of methoxy groups -OCH3 is 1. The summed E-state index contributed by atoms with van der Waals surface area (Å²) in [5, 5.41) is 8.59. The highest BCUT2D eigenvalue weighted by Crippen LogP contribution is 2.27. The molecule has 0 bridgehead atoms. The molecule has 1 aromatic rings. The molecule has 0 aliphatic heterocycles. The van der Waals surface area contributed by atoms with Crippen LogP contribution < -0.4 is 4.90 Å². The SMILES string of the molecule is COCCCN(C)c1ccc(/C=C/C(=O)O)cc1Br. The second kappa shape index (κ2) is 7.96. The molecular formula is C14H18BrNO3. The van der Waals surface area contributed by atoms with Crippen molar-refractivity contribution in [3.8, 4) is 0 Å². The molecule has 0 saturated heterocycles. The largest absolute Gasteiger partial charge is 0.478 e. The van der Waals surface area contributed by atoms with Gasteiger partial charge in [-0.3, -0.25) is 0 Å². The van der Waals surface area contributed by atoms with Gasteiger partial charge in [0.25, 0.3) is 0 Å². The first kappa shape index (κ1) is 15.7. The van der Waals surface area contributed by atoms with Crippen LogP contribution in [0.1, 0.15) is 12.0 Å². The summed E-state index contributed by atoms with van der Waals surface area (Å²) in [6.45, 7) is 1.64. The van der Waals surface area contributed by atoms with E-state index in [0.29, 0.717) is 0 Å². The third-order valence-electron chi connectivity index (χ3n) is 2.64. The molecule has 104 valence electrons. The zero-order valence-corrected chi connectivity index (χ0v) is 12.7. The Morgan fingerprint density at radius 1 is 1.53 bits per heavy atom. The normalized spacial score (nSPS) is 10.9. The van der Waals surface area contributed by atoms with E-state index in [-0.39, 0.29) is 0 Å². The highest BCUT2D eigenvalue weighted by atomic mass is 79.9. The Balaban J connectivity index is 2.73. The summed E-state index contributed by atoms with van der Waals surface area (Å²) in [7, 11) is 3.71. The number of hydrogen-bond acceptors (Lipinski definition) is 3. The van der Waals surface area contributed by atoms with E-state index in [2.05, 4.69) is 20.8 Å². The topological polar surface area (TPSA) is 49.8 Å². The van der Waals surface area contributed by atoms with Gasteiger partial charge in [-0.15, -0.1) is 0 Å².